The van der Waals surface area contributed by atoms with Crippen LogP contribution in [0.2, 0.25) is 0 Å². The van der Waals surface area contributed by atoms with Gasteiger partial charge in [-0.2, -0.15) is 0 Å². The molecular weight excluding hydrogens is 270 g/mol. The molecular formula is C15H27N3O3. The molecule has 2 amide bonds. The summed E-state index contributed by atoms with van der Waals surface area (Å²) < 4.78 is 0. The van der Waals surface area contributed by atoms with Gasteiger partial charge in [-0.25, -0.2) is 4.79 Å². The average Bonchev–Trinajstić information content (AvgIpc) is 3.12. The van der Waals surface area contributed by atoms with E-state index in [0.29, 0.717) is 19.1 Å². The highest BCUT2D eigenvalue weighted by Crippen LogP contribution is 2.31. The van der Waals surface area contributed by atoms with Crippen LogP contribution in [0.15, 0.2) is 0 Å². The summed E-state index contributed by atoms with van der Waals surface area (Å²) in [6.45, 7) is 5.46. The van der Waals surface area contributed by atoms with Gasteiger partial charge in [0.1, 0.15) is 0 Å². The average molecular weight is 297 g/mol. The van der Waals surface area contributed by atoms with Crippen molar-refractivity contribution < 1.29 is 14.7 Å². The maximum Gasteiger partial charge on any atom is 0.314 e. The van der Waals surface area contributed by atoms with E-state index in [2.05, 4.69) is 22.5 Å². The number of nitrogens with zero attached hydrogens (tertiary/aromatic N) is 1. The second-order valence-electron chi connectivity index (χ2n) is 6.32. The number of nitrogens with one attached hydrogen (secondary N) is 2. The van der Waals surface area contributed by atoms with E-state index in [0.717, 1.165) is 32.4 Å². The number of carbonyl (C=O) groups excluding carboxylic acids is 1. The SMILES string of the molecule is CC(CNC(=O)NCC1CCCC1C(=O)O)N1CCCC1. The minimum absolute atomic E-state index is 0.0734. The minimum atomic E-state index is -0.734. The fourth-order valence-electron chi connectivity index (χ4n) is 3.44. The van der Waals surface area contributed by atoms with Crippen LogP contribution in [-0.4, -0.2) is 54.2 Å². The molecule has 21 heavy (non-hydrogen) atoms. The first kappa shape index (κ1) is 16.1. The Morgan fingerprint density at radius 1 is 1.19 bits per heavy atom. The fraction of sp³-hybridized carbons (Fsp3) is 0.867. The maximum absolute atomic E-state index is 11.8. The Kier molecular flexibility index (Phi) is 5.85. The molecule has 1 heterocycles. The zero-order chi connectivity index (χ0) is 15.2. The summed E-state index contributed by atoms with van der Waals surface area (Å²) in [4.78, 5) is 25.3. The van der Waals surface area contributed by atoms with E-state index in [1.54, 1.807) is 0 Å². The molecule has 1 saturated heterocycles. The third kappa shape index (κ3) is 4.59. The van der Waals surface area contributed by atoms with Crippen LogP contribution in [0.1, 0.15) is 39.0 Å². The Morgan fingerprint density at radius 2 is 1.90 bits per heavy atom. The van der Waals surface area contributed by atoms with Gasteiger partial charge in [-0.05, 0) is 51.6 Å². The second kappa shape index (κ2) is 7.64. The molecule has 1 aliphatic heterocycles. The lowest BCUT2D eigenvalue weighted by molar-refractivity contribution is -0.142. The van der Waals surface area contributed by atoms with Crippen molar-refractivity contribution in [1.29, 1.82) is 0 Å². The molecule has 0 spiro atoms. The Balaban J connectivity index is 1.64. The number of carboxylic acids is 1. The molecule has 6 nitrogen and oxygen atoms in total. The summed E-state index contributed by atoms with van der Waals surface area (Å²) in [6.07, 6.45) is 5.05. The van der Waals surface area contributed by atoms with E-state index < -0.39 is 5.97 Å². The first-order valence-electron chi connectivity index (χ1n) is 8.06. The normalized spacial score (nSPS) is 27.5. The maximum atomic E-state index is 11.8. The van der Waals surface area contributed by atoms with Gasteiger partial charge in [0.2, 0.25) is 0 Å². The molecule has 0 bridgehead atoms. The molecule has 1 saturated carbocycles. The lowest BCUT2D eigenvalue weighted by Crippen LogP contribution is -2.45. The standard InChI is InChI=1S/C15H27N3O3/c1-11(18-7-2-3-8-18)9-16-15(21)17-10-12-5-4-6-13(12)14(19)20/h11-13H,2-10H2,1H3,(H,19,20)(H2,16,17,21). The van der Waals surface area contributed by atoms with Gasteiger partial charge in [0.15, 0.2) is 0 Å². The quantitative estimate of drug-likeness (QED) is 0.689. The second-order valence-corrected chi connectivity index (χ2v) is 6.32. The topological polar surface area (TPSA) is 81.7 Å². The summed E-state index contributed by atoms with van der Waals surface area (Å²) in [5, 5.41) is 14.8. The van der Waals surface area contributed by atoms with Gasteiger partial charge in [0.05, 0.1) is 5.92 Å². The number of likely N-dealkylation sites (tertiary alicyclic amines) is 1. The van der Waals surface area contributed by atoms with Crippen LogP contribution in [0.25, 0.3) is 0 Å². The number of urea groups is 1. The molecule has 3 N–H and O–H groups in total. The van der Waals surface area contributed by atoms with Gasteiger partial charge in [-0.15, -0.1) is 0 Å². The highest BCUT2D eigenvalue weighted by atomic mass is 16.4. The summed E-state index contributed by atoms with van der Waals surface area (Å²) in [5.74, 6) is -0.958. The largest absolute Gasteiger partial charge is 0.481 e. The molecule has 0 aromatic rings. The zero-order valence-electron chi connectivity index (χ0n) is 12.8. The molecule has 6 heteroatoms. The summed E-state index contributed by atoms with van der Waals surface area (Å²) >= 11 is 0. The van der Waals surface area contributed by atoms with E-state index in [-0.39, 0.29) is 17.9 Å². The van der Waals surface area contributed by atoms with Gasteiger partial charge in [-0.3, -0.25) is 9.69 Å². The predicted octanol–water partition coefficient (Wildman–Crippen LogP) is 1.27. The minimum Gasteiger partial charge on any atom is -0.481 e. The monoisotopic (exact) mass is 297 g/mol. The number of amides is 2. The summed E-state index contributed by atoms with van der Waals surface area (Å²) in [7, 11) is 0. The van der Waals surface area contributed by atoms with Crippen LogP contribution in [0.4, 0.5) is 4.79 Å². The molecule has 0 aromatic carbocycles. The third-order valence-corrected chi connectivity index (χ3v) is 4.82. The van der Waals surface area contributed by atoms with Crippen molar-refractivity contribution in [2.24, 2.45) is 11.8 Å². The number of carbonyl (C=O) groups is 2. The molecule has 0 radical (unpaired) electrons. The van der Waals surface area contributed by atoms with Crippen LogP contribution in [0.3, 0.4) is 0 Å². The molecule has 3 atom stereocenters. The molecule has 2 rings (SSSR count). The number of hydrogen-bond donors (Lipinski definition) is 3. The Morgan fingerprint density at radius 3 is 2.57 bits per heavy atom. The Labute approximate surface area is 126 Å². The van der Waals surface area contributed by atoms with Gasteiger partial charge in [0.25, 0.3) is 0 Å². The van der Waals surface area contributed by atoms with E-state index in [4.69, 9.17) is 5.11 Å². The lowest BCUT2D eigenvalue weighted by atomic mass is 9.96. The van der Waals surface area contributed by atoms with Gasteiger partial charge in [0, 0.05) is 19.1 Å². The highest BCUT2D eigenvalue weighted by molar-refractivity contribution is 5.74. The van der Waals surface area contributed by atoms with Crippen LogP contribution in [-0.2, 0) is 4.79 Å². The van der Waals surface area contributed by atoms with E-state index >= 15 is 0 Å². The summed E-state index contributed by atoms with van der Waals surface area (Å²) in [5.41, 5.74) is 0. The first-order chi connectivity index (χ1) is 10.1. The molecule has 2 aliphatic rings. The Hall–Kier alpha value is -1.30. The van der Waals surface area contributed by atoms with Crippen molar-refractivity contribution in [1.82, 2.24) is 15.5 Å². The smallest absolute Gasteiger partial charge is 0.314 e. The summed E-state index contributed by atoms with van der Waals surface area (Å²) in [6, 6.07) is 0.175. The fourth-order valence-corrected chi connectivity index (χ4v) is 3.44. The van der Waals surface area contributed by atoms with Crippen LogP contribution < -0.4 is 10.6 Å². The van der Waals surface area contributed by atoms with Crippen LogP contribution in [0, 0.1) is 11.8 Å². The van der Waals surface area contributed by atoms with Crippen molar-refractivity contribution in [3.8, 4) is 0 Å². The van der Waals surface area contributed by atoms with Crippen LogP contribution in [0.5, 0.6) is 0 Å². The highest BCUT2D eigenvalue weighted by Gasteiger charge is 2.32. The Bertz CT molecular complexity index is 369. The number of hydrogen-bond acceptors (Lipinski definition) is 3. The molecule has 0 aromatic heterocycles. The van der Waals surface area contributed by atoms with Crippen molar-refractivity contribution in [2.75, 3.05) is 26.2 Å². The van der Waals surface area contributed by atoms with Crippen molar-refractivity contribution >= 4 is 12.0 Å². The van der Waals surface area contributed by atoms with Gasteiger partial charge >= 0.3 is 12.0 Å². The van der Waals surface area contributed by atoms with Gasteiger partial charge in [-0.1, -0.05) is 6.42 Å². The van der Waals surface area contributed by atoms with E-state index in [1.807, 2.05) is 0 Å². The predicted molar refractivity (Wildman–Crippen MR) is 80.1 cm³/mol. The first-order valence-corrected chi connectivity index (χ1v) is 8.06. The number of aliphatic carboxylic acids is 1. The van der Waals surface area contributed by atoms with Crippen LogP contribution >= 0.6 is 0 Å². The van der Waals surface area contributed by atoms with E-state index in [9.17, 15) is 9.59 Å². The molecule has 1 aliphatic carbocycles. The zero-order valence-corrected chi connectivity index (χ0v) is 12.8. The van der Waals surface area contributed by atoms with Gasteiger partial charge < -0.3 is 15.7 Å². The molecule has 3 unspecified atom stereocenters. The number of carboxylic acid groups (broad SMARTS) is 1. The van der Waals surface area contributed by atoms with Crippen molar-refractivity contribution in [3.05, 3.63) is 0 Å². The third-order valence-electron chi connectivity index (χ3n) is 4.82. The number of rotatable bonds is 6. The van der Waals surface area contributed by atoms with Crippen molar-refractivity contribution in [3.63, 3.8) is 0 Å². The molecule has 120 valence electrons. The van der Waals surface area contributed by atoms with Crippen molar-refractivity contribution in [2.45, 2.75) is 45.1 Å². The molecule has 2 fully saturated rings. The van der Waals surface area contributed by atoms with E-state index in [1.165, 1.54) is 12.8 Å². The lowest BCUT2D eigenvalue weighted by Gasteiger charge is -2.24.